The lowest BCUT2D eigenvalue weighted by Gasteiger charge is -2.28. The van der Waals surface area contributed by atoms with E-state index < -0.39 is 0 Å². The third-order valence-corrected chi connectivity index (χ3v) is 6.39. The molecule has 1 aliphatic carbocycles. The highest BCUT2D eigenvalue weighted by molar-refractivity contribution is 9.10. The van der Waals surface area contributed by atoms with Crippen LogP contribution in [-0.2, 0) is 4.79 Å². The summed E-state index contributed by atoms with van der Waals surface area (Å²) < 4.78 is 7.90. The van der Waals surface area contributed by atoms with E-state index in [1.165, 1.54) is 0 Å². The first-order chi connectivity index (χ1) is 14.0. The minimum atomic E-state index is -0.106. The third-order valence-electron chi connectivity index (χ3n) is 5.51. The van der Waals surface area contributed by atoms with Crippen molar-refractivity contribution in [3.8, 4) is 5.75 Å². The lowest BCUT2D eigenvalue weighted by molar-refractivity contribution is -0.121. The fraction of sp³-hybridized carbons (Fsp3) is 0.333. The molecule has 6 nitrogen and oxygen atoms in total. The molecule has 1 saturated carbocycles. The van der Waals surface area contributed by atoms with E-state index in [-0.39, 0.29) is 23.6 Å². The van der Waals surface area contributed by atoms with E-state index in [0.29, 0.717) is 16.5 Å². The van der Waals surface area contributed by atoms with Crippen LogP contribution in [0.5, 0.6) is 5.75 Å². The number of halogens is 2. The van der Waals surface area contributed by atoms with Gasteiger partial charge in [-0.2, -0.15) is 0 Å². The molecule has 1 aromatic heterocycles. The Hall–Kier alpha value is -2.25. The van der Waals surface area contributed by atoms with Gasteiger partial charge in [-0.25, -0.2) is 4.79 Å². The van der Waals surface area contributed by atoms with Crippen LogP contribution in [-0.4, -0.2) is 22.6 Å². The van der Waals surface area contributed by atoms with Crippen LogP contribution < -0.4 is 15.7 Å². The Kier molecular flexibility index (Phi) is 5.69. The molecule has 1 aliphatic rings. The molecule has 29 heavy (non-hydrogen) atoms. The number of carbonyl (C=O) groups excluding carboxylic acids is 1. The number of amides is 1. The van der Waals surface area contributed by atoms with E-state index in [2.05, 4.69) is 26.2 Å². The highest BCUT2D eigenvalue weighted by Gasteiger charge is 2.29. The molecule has 1 amide bonds. The van der Waals surface area contributed by atoms with Crippen molar-refractivity contribution in [1.29, 1.82) is 0 Å². The monoisotopic (exact) mass is 477 g/mol. The van der Waals surface area contributed by atoms with Crippen molar-refractivity contribution in [3.63, 3.8) is 0 Å². The summed E-state index contributed by atoms with van der Waals surface area (Å²) in [5, 5.41) is 3.45. The van der Waals surface area contributed by atoms with Crippen LogP contribution in [0, 0.1) is 5.92 Å². The van der Waals surface area contributed by atoms with Crippen LogP contribution in [0.3, 0.4) is 0 Å². The first-order valence-electron chi connectivity index (χ1n) is 9.50. The molecule has 0 saturated heterocycles. The molecule has 0 unspecified atom stereocenters. The summed E-state index contributed by atoms with van der Waals surface area (Å²) in [6.45, 7) is 0. The predicted molar refractivity (Wildman–Crippen MR) is 118 cm³/mol. The minimum absolute atomic E-state index is 0.0261. The van der Waals surface area contributed by atoms with Gasteiger partial charge in [-0.1, -0.05) is 17.7 Å². The molecular weight excluding hydrogens is 458 g/mol. The van der Waals surface area contributed by atoms with Gasteiger partial charge in [-0.15, -0.1) is 0 Å². The minimum Gasteiger partial charge on any atom is -0.497 e. The second-order valence-electron chi connectivity index (χ2n) is 7.31. The molecule has 2 aromatic carbocycles. The van der Waals surface area contributed by atoms with Gasteiger partial charge >= 0.3 is 5.69 Å². The van der Waals surface area contributed by atoms with E-state index in [1.807, 2.05) is 22.8 Å². The van der Waals surface area contributed by atoms with Crippen molar-refractivity contribution in [2.75, 3.05) is 12.4 Å². The highest BCUT2D eigenvalue weighted by atomic mass is 79.9. The maximum Gasteiger partial charge on any atom is 0.326 e. The molecule has 152 valence electrons. The number of H-pyrrole nitrogens is 1. The molecule has 4 rings (SSSR count). The Morgan fingerprint density at radius 2 is 2.00 bits per heavy atom. The van der Waals surface area contributed by atoms with Crippen LogP contribution in [0.15, 0.2) is 45.7 Å². The summed E-state index contributed by atoms with van der Waals surface area (Å²) in [5.41, 5.74) is 2.22. The Labute approximate surface area is 181 Å². The molecule has 0 atom stereocenters. The summed E-state index contributed by atoms with van der Waals surface area (Å²) in [6, 6.07) is 11.0. The van der Waals surface area contributed by atoms with Crippen molar-refractivity contribution in [2.24, 2.45) is 5.92 Å². The number of nitrogens with one attached hydrogen (secondary N) is 2. The van der Waals surface area contributed by atoms with Crippen molar-refractivity contribution in [3.05, 3.63) is 56.4 Å². The second kappa shape index (κ2) is 8.24. The van der Waals surface area contributed by atoms with Crippen molar-refractivity contribution < 1.29 is 9.53 Å². The zero-order chi connectivity index (χ0) is 20.5. The first-order valence-corrected chi connectivity index (χ1v) is 10.7. The number of methoxy groups -OCH3 is 1. The smallest absolute Gasteiger partial charge is 0.326 e. The van der Waals surface area contributed by atoms with Gasteiger partial charge in [0.15, 0.2) is 0 Å². The van der Waals surface area contributed by atoms with Crippen LogP contribution in [0.4, 0.5) is 5.69 Å². The quantitative estimate of drug-likeness (QED) is 0.546. The molecule has 0 bridgehead atoms. The van der Waals surface area contributed by atoms with E-state index in [9.17, 15) is 9.59 Å². The number of fused-ring (bicyclic) bond motifs is 1. The van der Waals surface area contributed by atoms with Gasteiger partial charge in [-0.05, 0) is 65.9 Å². The lowest BCUT2D eigenvalue weighted by Crippen LogP contribution is -2.31. The lowest BCUT2D eigenvalue weighted by atomic mass is 9.85. The predicted octanol–water partition coefficient (Wildman–Crippen LogP) is 5.12. The number of anilines is 1. The number of hydrogen-bond acceptors (Lipinski definition) is 3. The Morgan fingerprint density at radius 3 is 2.72 bits per heavy atom. The summed E-state index contributed by atoms with van der Waals surface area (Å²) in [5.74, 6) is 0.479. The average Bonchev–Trinajstić information content (AvgIpc) is 3.05. The van der Waals surface area contributed by atoms with E-state index >= 15 is 0 Å². The number of imidazole rings is 1. The first kappa shape index (κ1) is 20.0. The van der Waals surface area contributed by atoms with Gasteiger partial charge in [0.2, 0.25) is 5.91 Å². The van der Waals surface area contributed by atoms with Gasteiger partial charge in [0.25, 0.3) is 0 Å². The fourth-order valence-electron chi connectivity index (χ4n) is 4.07. The SMILES string of the molecule is COc1cc(Cl)cc(NC(=O)C2CCC(n3c(=O)[nH]c4c(Br)cccc43)CC2)c1. The molecular formula is C21H21BrClN3O3. The number of rotatable bonds is 4. The summed E-state index contributed by atoms with van der Waals surface area (Å²) in [6.07, 6.45) is 3.00. The average molecular weight is 479 g/mol. The largest absolute Gasteiger partial charge is 0.497 e. The fourth-order valence-corrected chi connectivity index (χ4v) is 4.75. The molecule has 1 heterocycles. The number of para-hydroxylation sites is 1. The Morgan fingerprint density at radius 1 is 1.24 bits per heavy atom. The van der Waals surface area contributed by atoms with E-state index in [0.717, 1.165) is 41.2 Å². The number of ether oxygens (including phenoxy) is 1. The summed E-state index contributed by atoms with van der Waals surface area (Å²) in [7, 11) is 1.56. The number of hydrogen-bond donors (Lipinski definition) is 2. The van der Waals surface area contributed by atoms with Crippen LogP contribution in [0.2, 0.25) is 5.02 Å². The molecule has 1 fully saturated rings. The molecule has 3 aromatic rings. The van der Waals surface area contributed by atoms with Gasteiger partial charge in [0, 0.05) is 33.2 Å². The molecule has 8 heteroatoms. The van der Waals surface area contributed by atoms with Gasteiger partial charge < -0.3 is 15.0 Å². The maximum atomic E-state index is 12.7. The molecule has 0 aliphatic heterocycles. The Bertz CT molecular complexity index is 1120. The maximum absolute atomic E-state index is 12.7. The van der Waals surface area contributed by atoms with Crippen molar-refractivity contribution >= 4 is 50.2 Å². The number of nitrogens with zero attached hydrogens (tertiary/aromatic N) is 1. The Balaban J connectivity index is 1.45. The van der Waals surface area contributed by atoms with Gasteiger partial charge in [0.05, 0.1) is 18.1 Å². The van der Waals surface area contributed by atoms with Gasteiger partial charge in [-0.3, -0.25) is 9.36 Å². The van der Waals surface area contributed by atoms with Crippen LogP contribution >= 0.6 is 27.5 Å². The highest BCUT2D eigenvalue weighted by Crippen LogP contribution is 2.35. The molecule has 2 N–H and O–H groups in total. The summed E-state index contributed by atoms with van der Waals surface area (Å²) >= 11 is 9.57. The van der Waals surface area contributed by atoms with Crippen molar-refractivity contribution in [2.45, 2.75) is 31.7 Å². The molecule has 0 radical (unpaired) electrons. The second-order valence-corrected chi connectivity index (χ2v) is 8.60. The normalized spacial score (nSPS) is 19.3. The zero-order valence-electron chi connectivity index (χ0n) is 15.9. The van der Waals surface area contributed by atoms with Crippen molar-refractivity contribution in [1.82, 2.24) is 9.55 Å². The van der Waals surface area contributed by atoms with E-state index in [1.54, 1.807) is 25.3 Å². The standard InChI is InChI=1S/C21H21BrClN3O3/c1-29-16-10-13(23)9-14(11-16)24-20(27)12-5-7-15(8-6-12)26-18-4-2-3-17(22)19(18)25-21(26)28/h2-4,9-12,15H,5-8H2,1H3,(H,24,27)(H,25,28). The summed E-state index contributed by atoms with van der Waals surface area (Å²) in [4.78, 5) is 28.2. The van der Waals surface area contributed by atoms with Crippen LogP contribution in [0.25, 0.3) is 11.0 Å². The number of carbonyl (C=O) groups is 1. The van der Waals surface area contributed by atoms with E-state index in [4.69, 9.17) is 16.3 Å². The number of aromatic nitrogens is 2. The van der Waals surface area contributed by atoms with Gasteiger partial charge in [0.1, 0.15) is 5.75 Å². The molecule has 0 spiro atoms. The topological polar surface area (TPSA) is 76.1 Å². The van der Waals surface area contributed by atoms with Crippen LogP contribution in [0.1, 0.15) is 31.7 Å². The zero-order valence-corrected chi connectivity index (χ0v) is 18.2. The number of aromatic amines is 1. The third kappa shape index (κ3) is 4.07. The number of benzene rings is 2.